The fourth-order valence-corrected chi connectivity index (χ4v) is 13.4. The summed E-state index contributed by atoms with van der Waals surface area (Å²) < 4.78 is 14.6. The largest absolute Gasteiger partial charge is 0.456 e. The van der Waals surface area contributed by atoms with Crippen LogP contribution in [0.3, 0.4) is 0 Å². The highest BCUT2D eigenvalue weighted by molar-refractivity contribution is 7.00. The lowest BCUT2D eigenvalue weighted by Gasteiger charge is -2.44. The van der Waals surface area contributed by atoms with Crippen LogP contribution in [-0.2, 0) is 0 Å². The standard InChI is InChI=1S/C74H47BN4O2/c1-7-24-48(25-8-1)76(49-26-9-2-10-27-49)64-46-70-72(56-38-21-19-36-54(56)64)58-42-66-60(44-68(58)80-70)75-61-45-69-59(43-67(61)79(53-34-17-6-18-35-53)63-41-23-40-62(74(63)75)78(66)52-32-15-5-16-33-52)73-57-39-22-20-37-55(57)65(47-71(73)81-69)77(50-28-11-3-12-29-50)51-30-13-4-14-31-51/h1-47H. The summed E-state index contributed by atoms with van der Waals surface area (Å²) in [5.41, 5.74) is 19.9. The van der Waals surface area contributed by atoms with E-state index in [1.807, 2.05) is 0 Å². The van der Waals surface area contributed by atoms with E-state index in [9.17, 15) is 0 Å². The molecule has 2 aromatic heterocycles. The van der Waals surface area contributed by atoms with Gasteiger partial charge in [0, 0.05) is 101 Å². The number of furan rings is 2. The molecule has 17 rings (SSSR count). The summed E-state index contributed by atoms with van der Waals surface area (Å²) >= 11 is 0. The molecule has 0 aliphatic carbocycles. The zero-order valence-electron chi connectivity index (χ0n) is 43.8. The van der Waals surface area contributed by atoms with Crippen molar-refractivity contribution in [2.75, 3.05) is 19.6 Å². The number of nitrogens with zero attached hydrogens (tertiary/aromatic N) is 4. The highest BCUT2D eigenvalue weighted by Gasteiger charge is 2.44. The fraction of sp³-hybridized carbons (Fsp3) is 0. The van der Waals surface area contributed by atoms with Gasteiger partial charge in [-0.05, 0) is 136 Å². The zero-order valence-corrected chi connectivity index (χ0v) is 43.8. The molecule has 0 atom stereocenters. The molecule has 0 spiro atoms. The molecule has 13 aromatic carbocycles. The van der Waals surface area contributed by atoms with Crippen molar-refractivity contribution in [2.45, 2.75) is 0 Å². The van der Waals surface area contributed by atoms with Gasteiger partial charge < -0.3 is 28.4 Å². The summed E-state index contributed by atoms with van der Waals surface area (Å²) in [6.45, 7) is -0.200. The van der Waals surface area contributed by atoms with Crippen LogP contribution in [-0.4, -0.2) is 6.71 Å². The molecule has 0 radical (unpaired) electrons. The summed E-state index contributed by atoms with van der Waals surface area (Å²) in [7, 11) is 0. The van der Waals surface area contributed by atoms with E-state index in [-0.39, 0.29) is 6.71 Å². The Kier molecular flexibility index (Phi) is 10.0. The predicted octanol–water partition coefficient (Wildman–Crippen LogP) is 18.8. The van der Waals surface area contributed by atoms with Crippen molar-refractivity contribution in [1.29, 1.82) is 0 Å². The quantitative estimate of drug-likeness (QED) is 0.141. The van der Waals surface area contributed by atoms with E-state index in [0.29, 0.717) is 0 Å². The van der Waals surface area contributed by atoms with Crippen molar-refractivity contribution < 1.29 is 8.83 Å². The molecule has 0 fully saturated rings. The molecular formula is C74H47BN4O2. The maximum Gasteiger partial charge on any atom is 0.252 e. The van der Waals surface area contributed by atoms with Gasteiger partial charge in [-0.3, -0.25) is 0 Å². The second kappa shape index (κ2) is 17.9. The van der Waals surface area contributed by atoms with Crippen LogP contribution < -0.4 is 36.0 Å². The number of rotatable bonds is 8. The van der Waals surface area contributed by atoms with E-state index in [2.05, 4.69) is 305 Å². The minimum Gasteiger partial charge on any atom is -0.456 e. The second-order valence-corrected chi connectivity index (χ2v) is 21.1. The first kappa shape index (κ1) is 45.3. The monoisotopic (exact) mass is 1030 g/mol. The first-order valence-electron chi connectivity index (χ1n) is 27.7. The Balaban J connectivity index is 0.941. The van der Waals surface area contributed by atoms with Gasteiger partial charge in [-0.2, -0.15) is 0 Å². The third kappa shape index (κ3) is 6.89. The topological polar surface area (TPSA) is 39.2 Å². The van der Waals surface area contributed by atoms with Crippen LogP contribution in [0.25, 0.3) is 65.4 Å². The highest BCUT2D eigenvalue weighted by atomic mass is 16.3. The number of anilines is 12. The van der Waals surface area contributed by atoms with Crippen molar-refractivity contribution in [3.05, 3.63) is 285 Å². The van der Waals surface area contributed by atoms with Crippen molar-refractivity contribution in [3.63, 3.8) is 0 Å². The van der Waals surface area contributed by atoms with Gasteiger partial charge in [0.15, 0.2) is 0 Å². The number of para-hydroxylation sites is 6. The molecule has 15 aromatic rings. The van der Waals surface area contributed by atoms with Gasteiger partial charge in [-0.25, -0.2) is 0 Å². The van der Waals surface area contributed by atoms with Gasteiger partial charge in [0.05, 0.1) is 11.4 Å². The Morgan fingerprint density at radius 2 is 0.605 bits per heavy atom. The lowest BCUT2D eigenvalue weighted by Crippen LogP contribution is -2.61. The number of hydrogen-bond acceptors (Lipinski definition) is 6. The van der Waals surface area contributed by atoms with Crippen molar-refractivity contribution in [3.8, 4) is 0 Å². The van der Waals surface area contributed by atoms with E-state index in [4.69, 9.17) is 8.83 Å². The number of benzene rings is 13. The second-order valence-electron chi connectivity index (χ2n) is 21.1. The third-order valence-electron chi connectivity index (χ3n) is 16.7. The number of fused-ring (bicyclic) bond motifs is 14. The normalized spacial score (nSPS) is 12.6. The van der Waals surface area contributed by atoms with Crippen molar-refractivity contribution >= 4 is 157 Å². The Hall–Kier alpha value is -10.8. The lowest BCUT2D eigenvalue weighted by molar-refractivity contribution is 0.669. The molecule has 0 saturated heterocycles. The van der Waals surface area contributed by atoms with Crippen LogP contribution in [0.1, 0.15) is 0 Å². The van der Waals surface area contributed by atoms with E-state index < -0.39 is 0 Å². The Bertz CT molecular complexity index is 4570. The molecule has 6 nitrogen and oxygen atoms in total. The van der Waals surface area contributed by atoms with Gasteiger partial charge in [0.1, 0.15) is 22.3 Å². The molecular weight excluding hydrogens is 988 g/mol. The molecule has 81 heavy (non-hydrogen) atoms. The Morgan fingerprint density at radius 3 is 0.975 bits per heavy atom. The van der Waals surface area contributed by atoms with Crippen LogP contribution in [0, 0.1) is 0 Å². The predicted molar refractivity (Wildman–Crippen MR) is 339 cm³/mol. The summed E-state index contributed by atoms with van der Waals surface area (Å²) in [5, 5.41) is 8.85. The average molecular weight is 1040 g/mol. The van der Waals surface area contributed by atoms with Gasteiger partial charge in [0.2, 0.25) is 0 Å². The molecule has 2 aliphatic heterocycles. The van der Waals surface area contributed by atoms with E-state index in [1.165, 1.54) is 5.46 Å². The maximum absolute atomic E-state index is 7.30. The lowest BCUT2D eigenvalue weighted by atomic mass is 9.33. The summed E-state index contributed by atoms with van der Waals surface area (Å²) in [5.74, 6) is 0. The van der Waals surface area contributed by atoms with E-state index >= 15 is 0 Å². The van der Waals surface area contributed by atoms with Crippen LogP contribution in [0.4, 0.5) is 68.2 Å². The molecule has 7 heteroatoms. The first-order chi connectivity index (χ1) is 40.2. The maximum atomic E-state index is 7.30. The first-order valence-corrected chi connectivity index (χ1v) is 27.7. The Labute approximate surface area is 467 Å². The van der Waals surface area contributed by atoms with Crippen molar-refractivity contribution in [1.82, 2.24) is 0 Å². The fourth-order valence-electron chi connectivity index (χ4n) is 13.4. The van der Waals surface area contributed by atoms with Crippen molar-refractivity contribution in [2.24, 2.45) is 0 Å². The third-order valence-corrected chi connectivity index (χ3v) is 16.7. The smallest absolute Gasteiger partial charge is 0.252 e. The van der Waals surface area contributed by atoms with E-state index in [0.717, 1.165) is 145 Å². The zero-order chi connectivity index (χ0) is 53.1. The SMILES string of the molecule is c1ccc(N2c3cc4c(cc3B3c5cc6oc7cc(N(c8ccccc8)c8ccccc8)c8ccccc8c7c6cc5N(c5ccccc5)c5cccc2c53)oc2cc(N(c3ccccc3)c3ccccc3)c3ccccc3c24)cc1. The van der Waals surface area contributed by atoms with Crippen LogP contribution in [0.2, 0.25) is 0 Å². The minimum atomic E-state index is -0.200. The number of hydrogen-bond donors (Lipinski definition) is 0. The summed E-state index contributed by atoms with van der Waals surface area (Å²) in [6.07, 6.45) is 0. The summed E-state index contributed by atoms with van der Waals surface area (Å²) in [4.78, 5) is 9.63. The van der Waals surface area contributed by atoms with Crippen LogP contribution in [0.5, 0.6) is 0 Å². The summed E-state index contributed by atoms with van der Waals surface area (Å²) in [6, 6.07) is 103. The molecule has 0 amide bonds. The van der Waals surface area contributed by atoms with Gasteiger partial charge in [0.25, 0.3) is 6.71 Å². The molecule has 0 unspecified atom stereocenters. The van der Waals surface area contributed by atoms with Gasteiger partial charge in [-0.1, -0.05) is 164 Å². The molecule has 378 valence electrons. The molecule has 0 saturated carbocycles. The molecule has 0 bridgehead atoms. The van der Waals surface area contributed by atoms with Crippen LogP contribution >= 0.6 is 0 Å². The van der Waals surface area contributed by atoms with Crippen LogP contribution in [0.15, 0.2) is 294 Å². The van der Waals surface area contributed by atoms with Gasteiger partial charge in [-0.15, -0.1) is 0 Å². The van der Waals surface area contributed by atoms with E-state index in [1.54, 1.807) is 0 Å². The molecule has 4 heterocycles. The minimum absolute atomic E-state index is 0.200. The molecule has 2 aliphatic rings. The Morgan fingerprint density at radius 1 is 0.272 bits per heavy atom. The molecule has 0 N–H and O–H groups in total. The average Bonchev–Trinajstić information content (AvgIpc) is 2.82. The highest BCUT2D eigenvalue weighted by Crippen LogP contribution is 2.51. The van der Waals surface area contributed by atoms with Gasteiger partial charge >= 0.3 is 0 Å².